The fourth-order valence-corrected chi connectivity index (χ4v) is 4.44. The summed E-state index contributed by atoms with van der Waals surface area (Å²) in [6.07, 6.45) is -2.50. The lowest BCUT2D eigenvalue weighted by Crippen LogP contribution is -2.28. The molecule has 0 fully saturated rings. The van der Waals surface area contributed by atoms with Gasteiger partial charge in [0.15, 0.2) is 22.7 Å². The van der Waals surface area contributed by atoms with Gasteiger partial charge in [-0.05, 0) is 37.5 Å². The molecule has 0 spiro atoms. The van der Waals surface area contributed by atoms with Crippen LogP contribution < -0.4 is 10.6 Å². The number of nitrogens with one attached hydrogen (secondary N) is 2. The number of alkyl halides is 3. The van der Waals surface area contributed by atoms with Crippen molar-refractivity contribution in [1.82, 2.24) is 29.7 Å². The van der Waals surface area contributed by atoms with Crippen LogP contribution in [0.3, 0.4) is 0 Å². The van der Waals surface area contributed by atoms with E-state index in [9.17, 15) is 22.8 Å². The first-order valence-corrected chi connectivity index (χ1v) is 12.6. The van der Waals surface area contributed by atoms with Crippen molar-refractivity contribution in [2.45, 2.75) is 46.8 Å². The standard InChI is InChI=1S/C24H26F3N7O2S/c1-5-14-7-8-18(37-14)15-9-19(24(25,26)27)34-20(29-15)10-16(31-34)22(35)30-17-12-33(6-2)32-21(17)23(36)28-11-13(3)4/h7-10,12-13H,5-6,11H2,1-4H3,(H,28,36)(H,30,35). The Morgan fingerprint density at radius 1 is 1.11 bits per heavy atom. The number of aryl methyl sites for hydroxylation is 2. The molecule has 0 saturated heterocycles. The van der Waals surface area contributed by atoms with Gasteiger partial charge in [-0.3, -0.25) is 14.3 Å². The maximum Gasteiger partial charge on any atom is 0.433 e. The number of nitrogens with zero attached hydrogens (tertiary/aromatic N) is 5. The SMILES string of the molecule is CCc1ccc(-c2cc(C(F)(F)F)n3nc(C(=O)Nc4cn(CC)nc4C(=O)NCC(C)C)cc3n2)s1. The third-order valence-electron chi connectivity index (χ3n) is 5.43. The topological polar surface area (TPSA) is 106 Å². The molecule has 0 aliphatic carbocycles. The van der Waals surface area contributed by atoms with E-state index in [2.05, 4.69) is 25.8 Å². The lowest BCUT2D eigenvalue weighted by molar-refractivity contribution is -0.142. The summed E-state index contributed by atoms with van der Waals surface area (Å²) >= 11 is 1.36. The van der Waals surface area contributed by atoms with Crippen LogP contribution in [-0.2, 0) is 19.1 Å². The van der Waals surface area contributed by atoms with Crippen molar-refractivity contribution in [1.29, 1.82) is 0 Å². The maximum absolute atomic E-state index is 13.9. The van der Waals surface area contributed by atoms with Gasteiger partial charge in [0.2, 0.25) is 0 Å². The Kier molecular flexibility index (Phi) is 7.35. The van der Waals surface area contributed by atoms with Gasteiger partial charge in [-0.15, -0.1) is 11.3 Å². The lowest BCUT2D eigenvalue weighted by Gasteiger charge is -2.10. The summed E-state index contributed by atoms with van der Waals surface area (Å²) in [5, 5.41) is 13.4. The molecular weight excluding hydrogens is 507 g/mol. The molecule has 0 unspecified atom stereocenters. The molecule has 0 radical (unpaired) electrons. The molecule has 0 saturated carbocycles. The van der Waals surface area contributed by atoms with E-state index >= 15 is 0 Å². The van der Waals surface area contributed by atoms with Crippen LogP contribution >= 0.6 is 11.3 Å². The van der Waals surface area contributed by atoms with Crippen molar-refractivity contribution in [3.8, 4) is 10.6 Å². The zero-order valence-electron chi connectivity index (χ0n) is 20.7. The van der Waals surface area contributed by atoms with Crippen LogP contribution in [0.2, 0.25) is 0 Å². The van der Waals surface area contributed by atoms with Crippen molar-refractivity contribution in [3.63, 3.8) is 0 Å². The molecule has 0 atom stereocenters. The number of hydrogen-bond acceptors (Lipinski definition) is 6. The number of fused-ring (bicyclic) bond motifs is 1. The molecule has 4 aromatic rings. The predicted octanol–water partition coefficient (Wildman–Crippen LogP) is 4.89. The van der Waals surface area contributed by atoms with Crippen molar-refractivity contribution in [3.05, 3.63) is 52.4 Å². The lowest BCUT2D eigenvalue weighted by atomic mass is 10.2. The average molecular weight is 534 g/mol. The third kappa shape index (κ3) is 5.66. The molecule has 0 bridgehead atoms. The van der Waals surface area contributed by atoms with Crippen LogP contribution in [0, 0.1) is 5.92 Å². The molecular formula is C24H26F3N7O2S. The number of halogens is 3. The van der Waals surface area contributed by atoms with E-state index in [0.29, 0.717) is 22.5 Å². The monoisotopic (exact) mass is 533 g/mol. The summed E-state index contributed by atoms with van der Waals surface area (Å²) in [4.78, 5) is 31.6. The Bertz CT molecular complexity index is 1450. The molecule has 0 aromatic carbocycles. The van der Waals surface area contributed by atoms with Gasteiger partial charge in [0.1, 0.15) is 0 Å². The molecule has 0 aliphatic heterocycles. The molecule has 4 heterocycles. The second kappa shape index (κ2) is 10.3. The third-order valence-corrected chi connectivity index (χ3v) is 6.68. The Morgan fingerprint density at radius 3 is 2.49 bits per heavy atom. The second-order valence-electron chi connectivity index (χ2n) is 8.75. The smallest absolute Gasteiger partial charge is 0.350 e. The summed E-state index contributed by atoms with van der Waals surface area (Å²) in [7, 11) is 0. The highest BCUT2D eigenvalue weighted by Gasteiger charge is 2.36. The van der Waals surface area contributed by atoms with Gasteiger partial charge >= 0.3 is 6.18 Å². The molecule has 9 nitrogen and oxygen atoms in total. The Hall–Kier alpha value is -3.74. The molecule has 2 amide bonds. The van der Waals surface area contributed by atoms with Crippen molar-refractivity contribution in [2.75, 3.05) is 11.9 Å². The van der Waals surface area contributed by atoms with Crippen LogP contribution in [0.25, 0.3) is 16.2 Å². The van der Waals surface area contributed by atoms with Crippen molar-refractivity contribution >= 4 is 34.5 Å². The summed E-state index contributed by atoms with van der Waals surface area (Å²) < 4.78 is 43.8. The van der Waals surface area contributed by atoms with E-state index in [1.165, 1.54) is 28.3 Å². The van der Waals surface area contributed by atoms with Gasteiger partial charge in [0, 0.05) is 30.2 Å². The van der Waals surface area contributed by atoms with Crippen molar-refractivity contribution in [2.24, 2.45) is 5.92 Å². The van der Waals surface area contributed by atoms with Crippen molar-refractivity contribution < 1.29 is 22.8 Å². The minimum absolute atomic E-state index is 0.000398. The van der Waals surface area contributed by atoms with E-state index < -0.39 is 23.7 Å². The number of hydrogen-bond donors (Lipinski definition) is 2. The van der Waals surface area contributed by atoms with Gasteiger partial charge < -0.3 is 10.6 Å². The molecule has 196 valence electrons. The zero-order chi connectivity index (χ0) is 26.9. The Balaban J connectivity index is 1.69. The van der Waals surface area contributed by atoms with Gasteiger partial charge in [-0.2, -0.15) is 23.4 Å². The summed E-state index contributed by atoms with van der Waals surface area (Å²) in [6.45, 7) is 8.50. The number of rotatable bonds is 8. The Morgan fingerprint density at radius 2 is 1.86 bits per heavy atom. The quantitative estimate of drug-likeness (QED) is 0.335. The number of carbonyl (C=O) groups is 2. The largest absolute Gasteiger partial charge is 0.433 e. The fraction of sp³-hybridized carbons (Fsp3) is 0.375. The van der Waals surface area contributed by atoms with Gasteiger partial charge in [-0.1, -0.05) is 20.8 Å². The molecule has 4 rings (SSSR count). The van der Waals surface area contributed by atoms with Gasteiger partial charge in [0.25, 0.3) is 11.8 Å². The first-order chi connectivity index (χ1) is 17.5. The summed E-state index contributed by atoms with van der Waals surface area (Å²) in [5.41, 5.74) is -1.19. The van der Waals surface area contributed by atoms with Crippen LogP contribution in [0.15, 0.2) is 30.5 Å². The zero-order valence-corrected chi connectivity index (χ0v) is 21.5. The number of amides is 2. The summed E-state index contributed by atoms with van der Waals surface area (Å²) in [5.74, 6) is -1.06. The maximum atomic E-state index is 13.9. The summed E-state index contributed by atoms with van der Waals surface area (Å²) in [6, 6.07) is 5.68. The molecule has 0 aliphatic rings. The van der Waals surface area contributed by atoms with Crippen LogP contribution in [0.4, 0.5) is 18.9 Å². The normalized spacial score (nSPS) is 11.9. The van der Waals surface area contributed by atoms with E-state index in [1.54, 1.807) is 6.07 Å². The molecule has 2 N–H and O–H groups in total. The number of carbonyl (C=O) groups excluding carboxylic acids is 2. The highest BCUT2D eigenvalue weighted by atomic mass is 32.1. The highest BCUT2D eigenvalue weighted by Crippen LogP contribution is 2.34. The van der Waals surface area contributed by atoms with E-state index in [4.69, 9.17) is 0 Å². The van der Waals surface area contributed by atoms with E-state index in [-0.39, 0.29) is 34.3 Å². The van der Waals surface area contributed by atoms with E-state index in [0.717, 1.165) is 17.4 Å². The average Bonchev–Trinajstić information content (AvgIpc) is 3.58. The fourth-order valence-electron chi connectivity index (χ4n) is 3.53. The van der Waals surface area contributed by atoms with Gasteiger partial charge in [-0.25, -0.2) is 9.50 Å². The first kappa shape index (κ1) is 26.3. The molecule has 4 aromatic heterocycles. The van der Waals surface area contributed by atoms with Gasteiger partial charge in [0.05, 0.1) is 16.3 Å². The minimum atomic E-state index is -4.73. The van der Waals surface area contributed by atoms with E-state index in [1.807, 2.05) is 33.8 Å². The first-order valence-electron chi connectivity index (χ1n) is 11.7. The molecule has 37 heavy (non-hydrogen) atoms. The number of aromatic nitrogens is 5. The Labute approximate surface area is 214 Å². The number of anilines is 1. The molecule has 13 heteroatoms. The second-order valence-corrected chi connectivity index (χ2v) is 9.92. The van der Waals surface area contributed by atoms with Crippen LogP contribution in [-0.4, -0.2) is 42.7 Å². The van der Waals surface area contributed by atoms with Crippen LogP contribution in [0.5, 0.6) is 0 Å². The highest BCUT2D eigenvalue weighted by molar-refractivity contribution is 7.15. The minimum Gasteiger partial charge on any atom is -0.350 e. The number of thiophene rings is 1. The van der Waals surface area contributed by atoms with Crippen LogP contribution in [0.1, 0.15) is 59.2 Å². The predicted molar refractivity (Wildman–Crippen MR) is 134 cm³/mol.